The number of urea groups is 1. The van der Waals surface area contributed by atoms with Gasteiger partial charge in [0.2, 0.25) is 0 Å². The van der Waals surface area contributed by atoms with E-state index in [9.17, 15) is 9.18 Å². The minimum Gasteiger partial charge on any atom is -0.341 e. The molecule has 4 nitrogen and oxygen atoms in total. The van der Waals surface area contributed by atoms with Gasteiger partial charge in [-0.25, -0.2) is 9.18 Å². The lowest BCUT2D eigenvalue weighted by Gasteiger charge is -2.39. The van der Waals surface area contributed by atoms with E-state index >= 15 is 0 Å². The van der Waals surface area contributed by atoms with Crippen molar-refractivity contribution in [2.75, 3.05) is 33.2 Å². The van der Waals surface area contributed by atoms with Crippen molar-refractivity contribution in [1.29, 1.82) is 0 Å². The first-order valence-electron chi connectivity index (χ1n) is 7.62. The molecule has 1 fully saturated rings. The molecule has 1 N–H and O–H groups in total. The smallest absolute Gasteiger partial charge is 0.317 e. The molecule has 0 radical (unpaired) electrons. The van der Waals surface area contributed by atoms with Gasteiger partial charge in [-0.15, -0.1) is 12.4 Å². The molecule has 6 heteroatoms. The van der Waals surface area contributed by atoms with Crippen LogP contribution in [0.4, 0.5) is 9.18 Å². The van der Waals surface area contributed by atoms with Crippen LogP contribution in [0.5, 0.6) is 0 Å². The lowest BCUT2D eigenvalue weighted by atomic mass is 10.00. The third-order valence-corrected chi connectivity index (χ3v) is 4.07. The highest BCUT2D eigenvalue weighted by Crippen LogP contribution is 2.27. The van der Waals surface area contributed by atoms with Gasteiger partial charge in [0.1, 0.15) is 5.82 Å². The Morgan fingerprint density at radius 2 is 1.82 bits per heavy atom. The molecular formula is C16H25ClFN3O. The van der Waals surface area contributed by atoms with Gasteiger partial charge in [-0.1, -0.05) is 25.5 Å². The Balaban J connectivity index is 0.00000242. The number of carbonyl (C=O) groups is 1. The van der Waals surface area contributed by atoms with Crippen molar-refractivity contribution >= 4 is 18.4 Å². The third kappa shape index (κ3) is 4.58. The van der Waals surface area contributed by atoms with E-state index in [1.54, 1.807) is 7.05 Å². The van der Waals surface area contributed by atoms with Crippen LogP contribution in [-0.4, -0.2) is 49.1 Å². The Morgan fingerprint density at radius 1 is 1.23 bits per heavy atom. The summed E-state index contributed by atoms with van der Waals surface area (Å²) in [6, 6.07) is 7.10. The van der Waals surface area contributed by atoms with Crippen LogP contribution in [-0.2, 0) is 0 Å². The Morgan fingerprint density at radius 3 is 2.32 bits per heavy atom. The average molecular weight is 330 g/mol. The minimum absolute atomic E-state index is 0. The molecule has 1 aliphatic rings. The van der Waals surface area contributed by atoms with E-state index in [-0.39, 0.29) is 24.3 Å². The number of carbonyl (C=O) groups excluding carboxylic acids is 1. The molecule has 2 rings (SSSR count). The molecule has 124 valence electrons. The first-order valence-corrected chi connectivity index (χ1v) is 7.62. The fourth-order valence-electron chi connectivity index (χ4n) is 2.91. The monoisotopic (exact) mass is 329 g/mol. The molecule has 1 unspecified atom stereocenters. The molecule has 0 aromatic heterocycles. The van der Waals surface area contributed by atoms with Gasteiger partial charge in [-0.3, -0.25) is 4.90 Å². The molecule has 1 heterocycles. The highest BCUT2D eigenvalue weighted by atomic mass is 35.5. The van der Waals surface area contributed by atoms with Gasteiger partial charge >= 0.3 is 6.03 Å². The summed E-state index contributed by atoms with van der Waals surface area (Å²) in [4.78, 5) is 15.9. The summed E-state index contributed by atoms with van der Waals surface area (Å²) in [5, 5.41) is 2.67. The highest BCUT2D eigenvalue weighted by molar-refractivity contribution is 5.85. The molecule has 1 atom stereocenters. The van der Waals surface area contributed by atoms with Crippen molar-refractivity contribution in [3.05, 3.63) is 35.6 Å². The van der Waals surface area contributed by atoms with Crippen LogP contribution in [0.1, 0.15) is 31.4 Å². The number of hydrogen-bond donors (Lipinski definition) is 1. The second-order valence-corrected chi connectivity index (χ2v) is 5.43. The average Bonchev–Trinajstić information content (AvgIpc) is 2.53. The second-order valence-electron chi connectivity index (χ2n) is 5.43. The second kappa shape index (κ2) is 8.96. The van der Waals surface area contributed by atoms with E-state index in [4.69, 9.17) is 0 Å². The van der Waals surface area contributed by atoms with Gasteiger partial charge in [0, 0.05) is 39.3 Å². The van der Waals surface area contributed by atoms with E-state index in [1.165, 1.54) is 12.1 Å². The van der Waals surface area contributed by atoms with Gasteiger partial charge in [0.15, 0.2) is 0 Å². The maximum absolute atomic E-state index is 13.1. The maximum Gasteiger partial charge on any atom is 0.317 e. The molecule has 0 bridgehead atoms. The molecule has 1 aromatic rings. The third-order valence-electron chi connectivity index (χ3n) is 4.07. The summed E-state index contributed by atoms with van der Waals surface area (Å²) in [6.07, 6.45) is 2.13. The molecule has 1 saturated heterocycles. The van der Waals surface area contributed by atoms with Crippen molar-refractivity contribution in [2.45, 2.75) is 25.8 Å². The van der Waals surface area contributed by atoms with Crippen molar-refractivity contribution in [3.8, 4) is 0 Å². The SMILES string of the molecule is CCCC(c1ccc(F)cc1)N1CCN(C(=O)NC)CC1.Cl. The Bertz CT molecular complexity index is 461. The number of nitrogens with one attached hydrogen (secondary N) is 1. The van der Waals surface area contributed by atoms with Crippen molar-refractivity contribution in [1.82, 2.24) is 15.1 Å². The van der Waals surface area contributed by atoms with Crippen molar-refractivity contribution in [2.24, 2.45) is 0 Å². The van der Waals surface area contributed by atoms with Crippen LogP contribution in [0.15, 0.2) is 24.3 Å². The predicted octanol–water partition coefficient (Wildman–Crippen LogP) is 3.05. The fourth-order valence-corrected chi connectivity index (χ4v) is 2.91. The number of benzene rings is 1. The van der Waals surface area contributed by atoms with Crippen LogP contribution in [0.2, 0.25) is 0 Å². The minimum atomic E-state index is -0.196. The molecule has 1 aliphatic heterocycles. The molecule has 1 aromatic carbocycles. The number of piperazine rings is 1. The van der Waals surface area contributed by atoms with E-state index in [1.807, 2.05) is 17.0 Å². The first-order chi connectivity index (χ1) is 10.2. The van der Waals surface area contributed by atoms with Gasteiger partial charge in [0.05, 0.1) is 0 Å². The zero-order valence-electron chi connectivity index (χ0n) is 13.2. The quantitative estimate of drug-likeness (QED) is 0.921. The van der Waals surface area contributed by atoms with Gasteiger partial charge in [-0.05, 0) is 24.1 Å². The standard InChI is InChI=1S/C16H24FN3O.ClH/c1-3-4-15(13-5-7-14(17)8-6-13)19-9-11-20(12-10-19)16(21)18-2;/h5-8,15H,3-4,9-12H2,1-2H3,(H,18,21);1H. The summed E-state index contributed by atoms with van der Waals surface area (Å²) in [5.74, 6) is -0.196. The van der Waals surface area contributed by atoms with Gasteiger partial charge < -0.3 is 10.2 Å². The molecule has 2 amide bonds. The largest absolute Gasteiger partial charge is 0.341 e. The number of hydrogen-bond acceptors (Lipinski definition) is 2. The number of nitrogens with zero attached hydrogens (tertiary/aromatic N) is 2. The van der Waals surface area contributed by atoms with Crippen LogP contribution < -0.4 is 5.32 Å². The Hall–Kier alpha value is -1.33. The van der Waals surface area contributed by atoms with Gasteiger partial charge in [-0.2, -0.15) is 0 Å². The first kappa shape index (κ1) is 18.7. The predicted molar refractivity (Wildman–Crippen MR) is 88.9 cm³/mol. The van der Waals surface area contributed by atoms with Crippen LogP contribution in [0, 0.1) is 5.82 Å². The zero-order valence-corrected chi connectivity index (χ0v) is 14.0. The van der Waals surface area contributed by atoms with Gasteiger partial charge in [0.25, 0.3) is 0 Å². The maximum atomic E-state index is 13.1. The summed E-state index contributed by atoms with van der Waals surface area (Å²) >= 11 is 0. The zero-order chi connectivity index (χ0) is 15.2. The van der Waals surface area contributed by atoms with E-state index in [0.29, 0.717) is 6.04 Å². The lowest BCUT2D eigenvalue weighted by molar-refractivity contribution is 0.104. The number of rotatable bonds is 4. The number of amides is 2. The summed E-state index contributed by atoms with van der Waals surface area (Å²) in [5.41, 5.74) is 1.16. The number of halogens is 2. The molecule has 0 aliphatic carbocycles. The highest BCUT2D eigenvalue weighted by Gasteiger charge is 2.26. The summed E-state index contributed by atoms with van der Waals surface area (Å²) in [7, 11) is 1.66. The normalized spacial score (nSPS) is 16.8. The summed E-state index contributed by atoms with van der Waals surface area (Å²) < 4.78 is 13.1. The van der Waals surface area contributed by atoms with Crippen LogP contribution in [0.3, 0.4) is 0 Å². The van der Waals surface area contributed by atoms with E-state index < -0.39 is 0 Å². The van der Waals surface area contributed by atoms with Crippen molar-refractivity contribution in [3.63, 3.8) is 0 Å². The fraction of sp³-hybridized carbons (Fsp3) is 0.562. The van der Waals surface area contributed by atoms with E-state index in [0.717, 1.165) is 44.6 Å². The molecular weight excluding hydrogens is 305 g/mol. The summed E-state index contributed by atoms with van der Waals surface area (Å²) in [6.45, 7) is 5.35. The van der Waals surface area contributed by atoms with Crippen LogP contribution >= 0.6 is 12.4 Å². The Labute approximate surface area is 138 Å². The molecule has 0 saturated carbocycles. The molecule has 0 spiro atoms. The van der Waals surface area contributed by atoms with Crippen LogP contribution in [0.25, 0.3) is 0 Å². The Kier molecular flexibility index (Phi) is 7.62. The van der Waals surface area contributed by atoms with E-state index in [2.05, 4.69) is 17.1 Å². The lowest BCUT2D eigenvalue weighted by Crippen LogP contribution is -2.51. The molecule has 22 heavy (non-hydrogen) atoms. The van der Waals surface area contributed by atoms with Crippen molar-refractivity contribution < 1.29 is 9.18 Å². The topological polar surface area (TPSA) is 35.6 Å².